The van der Waals surface area contributed by atoms with Crippen LogP contribution < -0.4 is 10.5 Å². The first-order chi connectivity index (χ1) is 8.40. The maximum atomic E-state index is 12.0. The van der Waals surface area contributed by atoms with Gasteiger partial charge in [-0.2, -0.15) is 0 Å². The quantitative estimate of drug-likeness (QED) is 0.874. The number of hydrogen-bond donors (Lipinski definition) is 2. The number of benzene rings is 1. The van der Waals surface area contributed by atoms with E-state index < -0.39 is 10.0 Å². The molecule has 0 radical (unpaired) electrons. The molecule has 7 heteroatoms. The molecule has 1 aliphatic carbocycles. The number of rotatable bonds is 5. The van der Waals surface area contributed by atoms with E-state index in [1.165, 1.54) is 18.2 Å². The van der Waals surface area contributed by atoms with E-state index in [1.54, 1.807) is 0 Å². The summed E-state index contributed by atoms with van der Waals surface area (Å²) in [7, 11) is -3.57. The summed E-state index contributed by atoms with van der Waals surface area (Å²) in [6.07, 6.45) is 2.16. The van der Waals surface area contributed by atoms with Crippen molar-refractivity contribution in [2.75, 3.05) is 6.54 Å². The van der Waals surface area contributed by atoms with Gasteiger partial charge in [-0.1, -0.05) is 23.2 Å². The molecule has 1 atom stereocenters. The zero-order chi connectivity index (χ0) is 13.3. The molecule has 100 valence electrons. The van der Waals surface area contributed by atoms with Crippen molar-refractivity contribution >= 4 is 33.2 Å². The van der Waals surface area contributed by atoms with Crippen LogP contribution in [0.1, 0.15) is 12.8 Å². The molecule has 1 saturated carbocycles. The molecule has 0 amide bonds. The van der Waals surface area contributed by atoms with Crippen LogP contribution in [0.25, 0.3) is 0 Å². The summed E-state index contributed by atoms with van der Waals surface area (Å²) in [5.41, 5.74) is 5.84. The lowest BCUT2D eigenvalue weighted by molar-refractivity contribution is 0.548. The van der Waals surface area contributed by atoms with E-state index >= 15 is 0 Å². The van der Waals surface area contributed by atoms with Gasteiger partial charge < -0.3 is 5.73 Å². The number of halogens is 2. The van der Waals surface area contributed by atoms with E-state index in [4.69, 9.17) is 28.9 Å². The van der Waals surface area contributed by atoms with E-state index in [0.717, 1.165) is 12.8 Å². The zero-order valence-electron chi connectivity index (χ0n) is 9.57. The van der Waals surface area contributed by atoms with Gasteiger partial charge in [0.1, 0.15) is 0 Å². The van der Waals surface area contributed by atoms with Crippen molar-refractivity contribution in [1.29, 1.82) is 0 Å². The Bertz CT molecular complexity index is 544. The normalized spacial score (nSPS) is 17.7. The van der Waals surface area contributed by atoms with Crippen molar-refractivity contribution < 1.29 is 8.42 Å². The van der Waals surface area contributed by atoms with E-state index in [9.17, 15) is 8.42 Å². The van der Waals surface area contributed by atoms with Gasteiger partial charge in [0.2, 0.25) is 10.0 Å². The smallest absolute Gasteiger partial charge is 0.240 e. The molecule has 2 rings (SSSR count). The van der Waals surface area contributed by atoms with Gasteiger partial charge in [-0.15, -0.1) is 0 Å². The van der Waals surface area contributed by atoms with Gasteiger partial charge in [-0.25, -0.2) is 13.1 Å². The first kappa shape index (κ1) is 14.1. The van der Waals surface area contributed by atoms with Gasteiger partial charge in [-0.05, 0) is 37.0 Å². The number of nitrogens with one attached hydrogen (secondary N) is 1. The van der Waals surface area contributed by atoms with Gasteiger partial charge in [0.05, 0.1) is 14.9 Å². The zero-order valence-corrected chi connectivity index (χ0v) is 11.9. The fraction of sp³-hybridized carbons (Fsp3) is 0.455. The highest BCUT2D eigenvalue weighted by atomic mass is 35.5. The average molecular weight is 309 g/mol. The van der Waals surface area contributed by atoms with Crippen molar-refractivity contribution in [3.63, 3.8) is 0 Å². The van der Waals surface area contributed by atoms with Gasteiger partial charge in [0.15, 0.2) is 0 Å². The maximum Gasteiger partial charge on any atom is 0.240 e. The second-order valence-electron chi connectivity index (χ2n) is 4.43. The standard InChI is InChI=1S/C11H14Cl2N2O2S/c12-9-4-3-8(5-10(9)13)18(16,17)15-6-11(14)7-1-2-7/h3-5,7,11,15H,1-2,6,14H2. The summed E-state index contributed by atoms with van der Waals surface area (Å²) in [5.74, 6) is 0.446. The Morgan fingerprint density at radius 1 is 1.33 bits per heavy atom. The van der Waals surface area contributed by atoms with Crippen LogP contribution in [0.15, 0.2) is 23.1 Å². The predicted molar refractivity (Wildman–Crippen MR) is 72.3 cm³/mol. The van der Waals surface area contributed by atoms with E-state index in [0.29, 0.717) is 10.9 Å². The Labute approximate surface area is 117 Å². The van der Waals surface area contributed by atoms with Crippen molar-refractivity contribution in [2.45, 2.75) is 23.8 Å². The lowest BCUT2D eigenvalue weighted by Gasteiger charge is -2.12. The van der Waals surface area contributed by atoms with Crippen LogP contribution in [0.3, 0.4) is 0 Å². The van der Waals surface area contributed by atoms with E-state index in [2.05, 4.69) is 4.72 Å². The highest BCUT2D eigenvalue weighted by Gasteiger charge is 2.29. The van der Waals surface area contributed by atoms with E-state index in [1.807, 2.05) is 0 Å². The Morgan fingerprint density at radius 2 is 2.00 bits per heavy atom. The molecule has 1 aliphatic rings. The summed E-state index contributed by atoms with van der Waals surface area (Å²) in [4.78, 5) is 0.0971. The molecule has 0 bridgehead atoms. The molecular weight excluding hydrogens is 295 g/mol. The fourth-order valence-corrected chi connectivity index (χ4v) is 3.09. The summed E-state index contributed by atoms with van der Waals surface area (Å²) in [6.45, 7) is 0.243. The van der Waals surface area contributed by atoms with Crippen molar-refractivity contribution in [1.82, 2.24) is 4.72 Å². The third kappa shape index (κ3) is 3.36. The third-order valence-corrected chi connectivity index (χ3v) is 5.10. The molecule has 0 heterocycles. The predicted octanol–water partition coefficient (Wildman–Crippen LogP) is 2.01. The Hall–Kier alpha value is -0.330. The first-order valence-electron chi connectivity index (χ1n) is 5.60. The monoisotopic (exact) mass is 308 g/mol. The summed E-state index contributed by atoms with van der Waals surface area (Å²) >= 11 is 11.5. The van der Waals surface area contributed by atoms with Crippen LogP contribution in [-0.4, -0.2) is 21.0 Å². The lowest BCUT2D eigenvalue weighted by Crippen LogP contribution is -2.38. The molecule has 18 heavy (non-hydrogen) atoms. The highest BCUT2D eigenvalue weighted by molar-refractivity contribution is 7.89. The van der Waals surface area contributed by atoms with Crippen LogP contribution in [0.5, 0.6) is 0 Å². The SMILES string of the molecule is NC(CNS(=O)(=O)c1ccc(Cl)c(Cl)c1)C1CC1. The van der Waals surface area contributed by atoms with Crippen LogP contribution >= 0.6 is 23.2 Å². The molecule has 1 fully saturated rings. The molecular formula is C11H14Cl2N2O2S. The van der Waals surface area contributed by atoms with Crippen molar-refractivity contribution in [3.05, 3.63) is 28.2 Å². The minimum absolute atomic E-state index is 0.0971. The minimum atomic E-state index is -3.57. The summed E-state index contributed by atoms with van der Waals surface area (Å²) in [6, 6.07) is 4.08. The molecule has 1 unspecified atom stereocenters. The van der Waals surface area contributed by atoms with Crippen molar-refractivity contribution in [2.24, 2.45) is 11.7 Å². The second kappa shape index (κ2) is 5.35. The number of sulfonamides is 1. The summed E-state index contributed by atoms with van der Waals surface area (Å²) in [5, 5.41) is 0.538. The molecule has 0 aliphatic heterocycles. The van der Waals surface area contributed by atoms with E-state index in [-0.39, 0.29) is 22.5 Å². The van der Waals surface area contributed by atoms with Crippen molar-refractivity contribution in [3.8, 4) is 0 Å². The maximum absolute atomic E-state index is 12.0. The molecule has 1 aromatic rings. The first-order valence-corrected chi connectivity index (χ1v) is 7.84. The number of nitrogens with two attached hydrogens (primary N) is 1. The molecule has 1 aromatic carbocycles. The molecule has 0 aromatic heterocycles. The second-order valence-corrected chi connectivity index (χ2v) is 7.01. The number of hydrogen-bond acceptors (Lipinski definition) is 3. The lowest BCUT2D eigenvalue weighted by atomic mass is 10.2. The Kier molecular flexibility index (Phi) is 4.18. The third-order valence-electron chi connectivity index (χ3n) is 2.94. The van der Waals surface area contributed by atoms with Gasteiger partial charge in [-0.3, -0.25) is 0 Å². The largest absolute Gasteiger partial charge is 0.326 e. The molecule has 0 spiro atoms. The Balaban J connectivity index is 2.07. The topological polar surface area (TPSA) is 72.2 Å². The Morgan fingerprint density at radius 3 is 2.56 bits per heavy atom. The van der Waals surface area contributed by atoms with Gasteiger partial charge in [0, 0.05) is 12.6 Å². The highest BCUT2D eigenvalue weighted by Crippen LogP contribution is 2.31. The average Bonchev–Trinajstić information content (AvgIpc) is 3.13. The van der Waals surface area contributed by atoms with Crippen LogP contribution in [0.4, 0.5) is 0 Å². The molecule has 4 nitrogen and oxygen atoms in total. The van der Waals surface area contributed by atoms with Gasteiger partial charge in [0.25, 0.3) is 0 Å². The van der Waals surface area contributed by atoms with Gasteiger partial charge >= 0.3 is 0 Å². The van der Waals surface area contributed by atoms with Crippen LogP contribution in [0.2, 0.25) is 10.0 Å². The van der Waals surface area contributed by atoms with Crippen LogP contribution in [-0.2, 0) is 10.0 Å². The summed E-state index contributed by atoms with van der Waals surface area (Å²) < 4.78 is 26.4. The van der Waals surface area contributed by atoms with Crippen LogP contribution in [0, 0.1) is 5.92 Å². The minimum Gasteiger partial charge on any atom is -0.326 e. The molecule has 3 N–H and O–H groups in total. The molecule has 0 saturated heterocycles. The fourth-order valence-electron chi connectivity index (χ4n) is 1.62.